The number of thiophene rings is 1. The van der Waals surface area contributed by atoms with E-state index in [0.717, 1.165) is 30.1 Å². The molecule has 3 nitrogen and oxygen atoms in total. The molecule has 0 fully saturated rings. The number of carbonyl (C=O) groups excluding carboxylic acids is 1. The molecule has 0 atom stereocenters. The highest BCUT2D eigenvalue weighted by Gasteiger charge is 2.12. The van der Waals surface area contributed by atoms with Gasteiger partial charge in [0.2, 0.25) is 0 Å². The van der Waals surface area contributed by atoms with E-state index in [1.165, 1.54) is 16.0 Å². The first kappa shape index (κ1) is 17.7. The lowest BCUT2D eigenvalue weighted by atomic mass is 10.1. The Morgan fingerprint density at radius 1 is 1.13 bits per heavy atom. The van der Waals surface area contributed by atoms with Crippen LogP contribution in [-0.4, -0.2) is 23.9 Å². The summed E-state index contributed by atoms with van der Waals surface area (Å²) in [4.78, 5) is 17.0. The highest BCUT2D eigenvalue weighted by molar-refractivity contribution is 7.12. The molecule has 124 valence electrons. The van der Waals surface area contributed by atoms with Crippen molar-refractivity contribution in [3.05, 3.63) is 56.8 Å². The summed E-state index contributed by atoms with van der Waals surface area (Å²) in [6, 6.07) is 10.3. The summed E-state index contributed by atoms with van der Waals surface area (Å²) in [5, 5.41) is 3.07. The van der Waals surface area contributed by atoms with E-state index in [1.54, 1.807) is 11.3 Å². The standard InChI is InChI=1S/C19H26N2OS/c1-5-21(6-2)13-17-10-8-7-9-16(17)12-20-19(22)18-11-14(3)23-15(18)4/h7-11H,5-6,12-13H2,1-4H3,(H,20,22). The van der Waals surface area contributed by atoms with Crippen LogP contribution >= 0.6 is 11.3 Å². The summed E-state index contributed by atoms with van der Waals surface area (Å²) in [6.45, 7) is 12.0. The zero-order valence-corrected chi connectivity index (χ0v) is 15.3. The third kappa shape index (κ3) is 4.66. The van der Waals surface area contributed by atoms with Gasteiger partial charge in [-0.2, -0.15) is 0 Å². The summed E-state index contributed by atoms with van der Waals surface area (Å²) in [5.74, 6) is 0.0180. The van der Waals surface area contributed by atoms with E-state index < -0.39 is 0 Å². The van der Waals surface area contributed by atoms with Gasteiger partial charge >= 0.3 is 0 Å². The molecule has 1 aromatic heterocycles. The number of aryl methyl sites for hydroxylation is 2. The van der Waals surface area contributed by atoms with Crippen LogP contribution in [0.5, 0.6) is 0 Å². The molecule has 0 radical (unpaired) electrons. The fourth-order valence-electron chi connectivity index (χ4n) is 2.70. The lowest BCUT2D eigenvalue weighted by Gasteiger charge is -2.20. The average Bonchev–Trinajstić information content (AvgIpc) is 2.89. The van der Waals surface area contributed by atoms with Gasteiger partial charge in [0.15, 0.2) is 0 Å². The second kappa shape index (κ2) is 8.27. The second-order valence-corrected chi connectivity index (χ2v) is 7.20. The van der Waals surface area contributed by atoms with E-state index in [-0.39, 0.29) is 5.91 Å². The highest BCUT2D eigenvalue weighted by atomic mass is 32.1. The first-order chi connectivity index (χ1) is 11.0. The summed E-state index contributed by atoms with van der Waals surface area (Å²) in [6.07, 6.45) is 0. The molecule has 1 amide bonds. The van der Waals surface area contributed by atoms with Crippen molar-refractivity contribution in [3.63, 3.8) is 0 Å². The zero-order chi connectivity index (χ0) is 16.8. The van der Waals surface area contributed by atoms with Gasteiger partial charge in [0, 0.05) is 22.8 Å². The molecule has 2 rings (SSSR count). The number of amides is 1. The third-order valence-corrected chi connectivity index (χ3v) is 5.10. The number of hydrogen-bond acceptors (Lipinski definition) is 3. The maximum Gasteiger partial charge on any atom is 0.252 e. The van der Waals surface area contributed by atoms with Crippen LogP contribution in [0.4, 0.5) is 0 Å². The summed E-state index contributed by atoms with van der Waals surface area (Å²) >= 11 is 1.67. The maximum absolute atomic E-state index is 12.4. The Kier molecular flexibility index (Phi) is 6.37. The Balaban J connectivity index is 2.06. The van der Waals surface area contributed by atoms with Gasteiger partial charge in [-0.25, -0.2) is 0 Å². The van der Waals surface area contributed by atoms with Crippen molar-refractivity contribution in [3.8, 4) is 0 Å². The Morgan fingerprint density at radius 2 is 1.78 bits per heavy atom. The predicted octanol–water partition coefficient (Wildman–Crippen LogP) is 4.14. The lowest BCUT2D eigenvalue weighted by molar-refractivity contribution is 0.0950. The lowest BCUT2D eigenvalue weighted by Crippen LogP contribution is -2.26. The molecule has 0 aliphatic rings. The SMILES string of the molecule is CCN(CC)Cc1ccccc1CNC(=O)c1cc(C)sc1C. The van der Waals surface area contributed by atoms with Gasteiger partial charge < -0.3 is 5.32 Å². The molecule has 4 heteroatoms. The molecule has 23 heavy (non-hydrogen) atoms. The van der Waals surface area contributed by atoms with Crippen molar-refractivity contribution in [2.75, 3.05) is 13.1 Å². The van der Waals surface area contributed by atoms with Crippen LogP contribution in [0.25, 0.3) is 0 Å². The monoisotopic (exact) mass is 330 g/mol. The number of benzene rings is 1. The molecule has 2 aromatic rings. The Bertz CT molecular complexity index is 659. The van der Waals surface area contributed by atoms with Crippen LogP contribution in [0, 0.1) is 13.8 Å². The molecule has 0 aliphatic heterocycles. The topological polar surface area (TPSA) is 32.3 Å². The smallest absolute Gasteiger partial charge is 0.252 e. The van der Waals surface area contributed by atoms with Crippen LogP contribution in [-0.2, 0) is 13.1 Å². The van der Waals surface area contributed by atoms with E-state index >= 15 is 0 Å². The van der Waals surface area contributed by atoms with Gasteiger partial charge in [-0.3, -0.25) is 9.69 Å². The molecule has 1 aromatic carbocycles. The van der Waals surface area contributed by atoms with Gasteiger partial charge in [0.05, 0.1) is 5.56 Å². The number of nitrogens with zero attached hydrogens (tertiary/aromatic N) is 1. The fraction of sp³-hybridized carbons (Fsp3) is 0.421. The van der Waals surface area contributed by atoms with Gasteiger partial charge in [-0.05, 0) is 44.1 Å². The van der Waals surface area contributed by atoms with Gasteiger partial charge in [-0.1, -0.05) is 38.1 Å². The van der Waals surface area contributed by atoms with Crippen molar-refractivity contribution < 1.29 is 4.79 Å². The van der Waals surface area contributed by atoms with Crippen molar-refractivity contribution in [1.29, 1.82) is 0 Å². The third-order valence-electron chi connectivity index (χ3n) is 4.13. The molecular weight excluding hydrogens is 304 g/mol. The van der Waals surface area contributed by atoms with Crippen LogP contribution in [0.3, 0.4) is 0 Å². The Labute approximate surface area is 143 Å². The van der Waals surface area contributed by atoms with Crippen molar-refractivity contribution in [2.45, 2.75) is 40.8 Å². The van der Waals surface area contributed by atoms with Crippen molar-refractivity contribution >= 4 is 17.2 Å². The van der Waals surface area contributed by atoms with E-state index in [1.807, 2.05) is 26.0 Å². The molecule has 1 heterocycles. The first-order valence-corrected chi connectivity index (χ1v) is 9.01. The van der Waals surface area contributed by atoms with Gasteiger partial charge in [0.1, 0.15) is 0 Å². The molecule has 0 unspecified atom stereocenters. The van der Waals surface area contributed by atoms with Crippen molar-refractivity contribution in [2.24, 2.45) is 0 Å². The Morgan fingerprint density at radius 3 is 2.35 bits per heavy atom. The average molecular weight is 330 g/mol. The maximum atomic E-state index is 12.4. The van der Waals surface area contributed by atoms with Crippen LogP contribution in [0.1, 0.15) is 45.1 Å². The minimum atomic E-state index is 0.0180. The summed E-state index contributed by atoms with van der Waals surface area (Å²) in [7, 11) is 0. The Hall–Kier alpha value is -1.65. The van der Waals surface area contributed by atoms with Crippen molar-refractivity contribution in [1.82, 2.24) is 10.2 Å². The largest absolute Gasteiger partial charge is 0.348 e. The molecular formula is C19H26N2OS. The molecule has 0 saturated heterocycles. The normalized spacial score (nSPS) is 11.0. The summed E-state index contributed by atoms with van der Waals surface area (Å²) < 4.78 is 0. The van der Waals surface area contributed by atoms with E-state index in [4.69, 9.17) is 0 Å². The van der Waals surface area contributed by atoms with E-state index in [0.29, 0.717) is 6.54 Å². The van der Waals surface area contributed by atoms with Gasteiger partial charge in [0.25, 0.3) is 5.91 Å². The fourth-order valence-corrected chi connectivity index (χ4v) is 3.62. The highest BCUT2D eigenvalue weighted by Crippen LogP contribution is 2.20. The minimum Gasteiger partial charge on any atom is -0.348 e. The second-order valence-electron chi connectivity index (χ2n) is 5.74. The minimum absolute atomic E-state index is 0.0180. The summed E-state index contributed by atoms with van der Waals surface area (Å²) in [5.41, 5.74) is 3.28. The number of nitrogens with one attached hydrogen (secondary N) is 1. The van der Waals surface area contributed by atoms with Gasteiger partial charge in [-0.15, -0.1) is 11.3 Å². The molecule has 0 spiro atoms. The quantitative estimate of drug-likeness (QED) is 0.827. The van der Waals surface area contributed by atoms with E-state index in [2.05, 4.69) is 42.3 Å². The first-order valence-electron chi connectivity index (χ1n) is 8.19. The van der Waals surface area contributed by atoms with Crippen LogP contribution < -0.4 is 5.32 Å². The number of hydrogen-bond donors (Lipinski definition) is 1. The zero-order valence-electron chi connectivity index (χ0n) is 14.5. The molecule has 1 N–H and O–H groups in total. The molecule has 0 bridgehead atoms. The van der Waals surface area contributed by atoms with Crippen LogP contribution in [0.2, 0.25) is 0 Å². The number of carbonyl (C=O) groups is 1. The molecule has 0 saturated carbocycles. The number of rotatable bonds is 7. The predicted molar refractivity (Wildman–Crippen MR) is 98.0 cm³/mol. The van der Waals surface area contributed by atoms with Crippen LogP contribution in [0.15, 0.2) is 30.3 Å². The molecule has 0 aliphatic carbocycles. The van der Waals surface area contributed by atoms with E-state index in [9.17, 15) is 4.79 Å².